The van der Waals surface area contributed by atoms with Crippen LogP contribution in [0.3, 0.4) is 0 Å². The minimum absolute atomic E-state index is 0.0411. The van der Waals surface area contributed by atoms with Crippen LogP contribution in [0.25, 0.3) is 22.3 Å². The van der Waals surface area contributed by atoms with E-state index >= 15 is 0 Å². The van der Waals surface area contributed by atoms with Crippen molar-refractivity contribution in [1.29, 1.82) is 0 Å². The smallest absolute Gasteiger partial charge is 0.335 e. The Labute approximate surface area is 222 Å². The Morgan fingerprint density at radius 2 is 1.85 bits per heavy atom. The van der Waals surface area contributed by atoms with Gasteiger partial charge in [-0.25, -0.2) is 24.1 Å². The van der Waals surface area contributed by atoms with E-state index in [1.165, 1.54) is 24.3 Å². The molecule has 0 saturated heterocycles. The third-order valence-electron chi connectivity index (χ3n) is 6.29. The zero-order valence-corrected chi connectivity index (χ0v) is 20.8. The second kappa shape index (κ2) is 10.6. The summed E-state index contributed by atoms with van der Waals surface area (Å²) in [5.41, 5.74) is 8.35. The van der Waals surface area contributed by atoms with Gasteiger partial charge in [0.05, 0.1) is 23.5 Å². The summed E-state index contributed by atoms with van der Waals surface area (Å²) in [7, 11) is 1.69. The normalized spacial score (nSPS) is 11.7. The molecule has 0 aliphatic carbocycles. The number of benzene rings is 2. The van der Waals surface area contributed by atoms with Crippen LogP contribution in [0.1, 0.15) is 16.4 Å². The van der Waals surface area contributed by atoms with Crippen molar-refractivity contribution in [2.45, 2.75) is 6.04 Å². The number of nitrogens with one attached hydrogen (secondary N) is 1. The zero-order chi connectivity index (χ0) is 27.5. The van der Waals surface area contributed by atoms with E-state index in [0.717, 1.165) is 0 Å². The molecule has 0 radical (unpaired) electrons. The van der Waals surface area contributed by atoms with Crippen LogP contribution in [-0.2, 0) is 4.79 Å². The van der Waals surface area contributed by atoms with Gasteiger partial charge in [-0.2, -0.15) is 0 Å². The lowest BCUT2D eigenvalue weighted by Crippen LogP contribution is -2.36. The number of anilines is 3. The molecule has 0 fully saturated rings. The molecule has 3 heterocycles. The van der Waals surface area contributed by atoms with Crippen LogP contribution in [0.4, 0.5) is 21.8 Å². The Balaban J connectivity index is 1.71. The van der Waals surface area contributed by atoms with Crippen LogP contribution in [-0.4, -0.2) is 50.1 Å². The summed E-state index contributed by atoms with van der Waals surface area (Å²) in [6.45, 7) is 0.0411. The number of hydrogen-bond donors (Lipinski definition) is 3. The highest BCUT2D eigenvalue weighted by atomic mass is 19.1. The number of rotatable bonds is 9. The summed E-state index contributed by atoms with van der Waals surface area (Å²) in [5.74, 6) is -1.21. The Morgan fingerprint density at radius 3 is 2.51 bits per heavy atom. The van der Waals surface area contributed by atoms with Crippen molar-refractivity contribution >= 4 is 40.2 Å². The van der Waals surface area contributed by atoms with Crippen LogP contribution in [0, 0.1) is 5.82 Å². The molecule has 3 aromatic heterocycles. The van der Waals surface area contributed by atoms with E-state index in [9.17, 15) is 19.1 Å². The molecule has 1 atom stereocenters. The van der Waals surface area contributed by atoms with E-state index in [1.54, 1.807) is 71.4 Å². The average molecular weight is 526 g/mol. The summed E-state index contributed by atoms with van der Waals surface area (Å²) in [6, 6.07) is 18.3. The van der Waals surface area contributed by atoms with Gasteiger partial charge in [-0.1, -0.05) is 6.07 Å². The number of fused-ring (bicyclic) bond motifs is 1. The molecule has 0 saturated carbocycles. The topological polar surface area (TPSA) is 139 Å². The second-order valence-corrected chi connectivity index (χ2v) is 8.69. The molecule has 0 aliphatic rings. The molecule has 2 aromatic carbocycles. The highest BCUT2D eigenvalue weighted by Gasteiger charge is 2.28. The fourth-order valence-corrected chi connectivity index (χ4v) is 4.46. The monoisotopic (exact) mass is 525 g/mol. The van der Waals surface area contributed by atoms with Crippen molar-refractivity contribution in [3.05, 3.63) is 96.6 Å². The fourth-order valence-electron chi connectivity index (χ4n) is 4.46. The van der Waals surface area contributed by atoms with Gasteiger partial charge < -0.3 is 25.6 Å². The number of primary amides is 1. The van der Waals surface area contributed by atoms with Gasteiger partial charge in [0.15, 0.2) is 0 Å². The molecule has 0 aliphatic heterocycles. The Kier molecular flexibility index (Phi) is 6.87. The molecule has 0 spiro atoms. The van der Waals surface area contributed by atoms with Crippen molar-refractivity contribution in [2.24, 2.45) is 5.73 Å². The molecule has 4 N–H and O–H groups in total. The molecule has 39 heavy (non-hydrogen) atoms. The van der Waals surface area contributed by atoms with E-state index in [4.69, 9.17) is 5.73 Å². The van der Waals surface area contributed by atoms with E-state index in [-0.39, 0.29) is 12.1 Å². The Morgan fingerprint density at radius 1 is 1.05 bits per heavy atom. The first kappa shape index (κ1) is 25.3. The highest BCUT2D eigenvalue weighted by molar-refractivity contribution is 5.96. The van der Waals surface area contributed by atoms with Crippen molar-refractivity contribution in [3.8, 4) is 11.4 Å². The molecule has 5 aromatic rings. The van der Waals surface area contributed by atoms with Gasteiger partial charge in [-0.15, -0.1) is 0 Å². The van der Waals surface area contributed by atoms with E-state index in [1.807, 2.05) is 6.07 Å². The number of carboxylic acid groups (broad SMARTS) is 1. The van der Waals surface area contributed by atoms with Gasteiger partial charge in [0.25, 0.3) is 0 Å². The highest BCUT2D eigenvalue weighted by Crippen LogP contribution is 2.34. The van der Waals surface area contributed by atoms with Gasteiger partial charge in [0.1, 0.15) is 17.7 Å². The maximum atomic E-state index is 13.8. The third-order valence-corrected chi connectivity index (χ3v) is 6.29. The van der Waals surface area contributed by atoms with Gasteiger partial charge >= 0.3 is 5.97 Å². The minimum Gasteiger partial charge on any atom is -0.478 e. The quantitative estimate of drug-likeness (QED) is 0.260. The minimum atomic E-state index is -1.07. The number of aromatic nitrogens is 4. The van der Waals surface area contributed by atoms with Gasteiger partial charge in [-0.3, -0.25) is 4.79 Å². The number of amides is 1. The summed E-state index contributed by atoms with van der Waals surface area (Å²) in [6.07, 6.45) is 3.20. The number of halogens is 1. The number of carbonyl (C=O) groups excluding carboxylic acids is 1. The number of nitrogens with zero attached hydrogens (tertiary/aromatic N) is 5. The molecule has 1 unspecified atom stereocenters. The molecule has 1 amide bonds. The van der Waals surface area contributed by atoms with Crippen LogP contribution < -0.4 is 16.0 Å². The van der Waals surface area contributed by atoms with Crippen molar-refractivity contribution in [3.63, 3.8) is 0 Å². The van der Waals surface area contributed by atoms with E-state index in [2.05, 4.69) is 20.3 Å². The van der Waals surface area contributed by atoms with Crippen LogP contribution in [0.5, 0.6) is 0 Å². The number of pyridine rings is 1. The summed E-state index contributed by atoms with van der Waals surface area (Å²) in [5, 5.41) is 13.0. The maximum Gasteiger partial charge on any atom is 0.335 e. The molecular formula is C28H24FN7O3. The summed E-state index contributed by atoms with van der Waals surface area (Å²) >= 11 is 0. The standard InChI is InChI=1S/C28H24FN7O3/c1-31-28-33-13-11-21(34-28)23-15-18-14-17(27(38)39)5-10-22(18)36(23)24(26(30)37)16-35(25-4-2-3-12-32-25)20-8-6-19(29)7-9-20/h2-15,24H,16H2,1H3,(H2,30,37)(H,38,39)(H,31,33,34). The van der Waals surface area contributed by atoms with Crippen molar-refractivity contribution in [1.82, 2.24) is 19.5 Å². The van der Waals surface area contributed by atoms with E-state index in [0.29, 0.717) is 39.7 Å². The fraction of sp³-hybridized carbons (Fsp3) is 0.107. The first-order chi connectivity index (χ1) is 18.9. The molecule has 10 nitrogen and oxygen atoms in total. The molecular weight excluding hydrogens is 501 g/mol. The predicted octanol–water partition coefficient (Wildman–Crippen LogP) is 4.24. The Hall–Kier alpha value is -5.32. The first-order valence-electron chi connectivity index (χ1n) is 12.0. The molecule has 5 rings (SSSR count). The first-order valence-corrected chi connectivity index (χ1v) is 12.0. The SMILES string of the molecule is CNc1nccc(-c2cc3cc(C(=O)O)ccc3n2C(CN(c2ccc(F)cc2)c2ccccn2)C(N)=O)n1. The van der Waals surface area contributed by atoms with E-state index < -0.39 is 23.7 Å². The number of nitrogens with two attached hydrogens (primary N) is 1. The number of hydrogen-bond acceptors (Lipinski definition) is 7. The van der Waals surface area contributed by atoms with Crippen LogP contribution in [0.15, 0.2) is 85.2 Å². The molecule has 0 bridgehead atoms. The third kappa shape index (κ3) is 5.10. The van der Waals surface area contributed by atoms with Gasteiger partial charge in [-0.05, 0) is 66.7 Å². The van der Waals surface area contributed by atoms with Crippen molar-refractivity contribution in [2.75, 3.05) is 23.8 Å². The predicted molar refractivity (Wildman–Crippen MR) is 145 cm³/mol. The zero-order valence-electron chi connectivity index (χ0n) is 20.8. The summed E-state index contributed by atoms with van der Waals surface area (Å²) in [4.78, 5) is 39.7. The average Bonchev–Trinajstić information content (AvgIpc) is 3.33. The lowest BCUT2D eigenvalue weighted by molar-refractivity contribution is -0.120. The molecule has 11 heteroatoms. The second-order valence-electron chi connectivity index (χ2n) is 8.69. The maximum absolute atomic E-state index is 13.8. The van der Waals surface area contributed by atoms with Crippen LogP contribution in [0.2, 0.25) is 0 Å². The van der Waals surface area contributed by atoms with Crippen LogP contribution >= 0.6 is 0 Å². The van der Waals surface area contributed by atoms with Gasteiger partial charge in [0.2, 0.25) is 11.9 Å². The lowest BCUT2D eigenvalue weighted by Gasteiger charge is -2.29. The molecule has 196 valence electrons. The Bertz CT molecular complexity index is 1660. The summed E-state index contributed by atoms with van der Waals surface area (Å²) < 4.78 is 15.5. The van der Waals surface area contributed by atoms with Crippen molar-refractivity contribution < 1.29 is 19.1 Å². The largest absolute Gasteiger partial charge is 0.478 e. The lowest BCUT2D eigenvalue weighted by atomic mass is 10.1. The number of carbonyl (C=O) groups is 2. The van der Waals surface area contributed by atoms with Gasteiger partial charge in [0, 0.05) is 36.0 Å². The number of carboxylic acids is 1. The number of aromatic carboxylic acids is 1.